The molecule has 2 heterocycles. The Kier molecular flexibility index (Phi) is 6.03. The van der Waals surface area contributed by atoms with E-state index in [0.29, 0.717) is 6.54 Å². The highest BCUT2D eigenvalue weighted by Crippen LogP contribution is 2.31. The van der Waals surface area contributed by atoms with E-state index < -0.39 is 0 Å². The number of nitrogens with one attached hydrogen (secondary N) is 1. The molecule has 0 aliphatic heterocycles. The summed E-state index contributed by atoms with van der Waals surface area (Å²) in [5.74, 6) is 0.742. The van der Waals surface area contributed by atoms with E-state index in [1.165, 1.54) is 16.2 Å². The summed E-state index contributed by atoms with van der Waals surface area (Å²) in [6.45, 7) is 1.46. The number of hydrogen-bond donors (Lipinski definition) is 1. The fourth-order valence-corrected chi connectivity index (χ4v) is 4.04. The predicted octanol–water partition coefficient (Wildman–Crippen LogP) is 2.56. The minimum absolute atomic E-state index is 0.0503. The van der Waals surface area contributed by atoms with Gasteiger partial charge in [-0.15, -0.1) is 11.3 Å². The minimum atomic E-state index is -0.0503. The molecule has 0 spiro atoms. The van der Waals surface area contributed by atoms with E-state index in [-0.39, 0.29) is 5.91 Å². The second-order valence-electron chi connectivity index (χ2n) is 6.13. The zero-order valence-electron chi connectivity index (χ0n) is 15.1. The quantitative estimate of drug-likeness (QED) is 0.633. The molecule has 0 atom stereocenters. The van der Waals surface area contributed by atoms with Crippen molar-refractivity contribution in [3.05, 3.63) is 46.7 Å². The number of amides is 1. The summed E-state index contributed by atoms with van der Waals surface area (Å²) in [6.07, 6.45) is 3.49. The molecule has 0 radical (unpaired) electrons. The normalized spacial score (nSPS) is 11.5. The van der Waals surface area contributed by atoms with Gasteiger partial charge in [0.15, 0.2) is 5.13 Å². The number of quaternary nitrogens is 1. The Labute approximate surface area is 161 Å². The lowest BCUT2D eigenvalue weighted by Crippen LogP contribution is -3.06. The summed E-state index contributed by atoms with van der Waals surface area (Å²) in [7, 11) is 5.80. The summed E-state index contributed by atoms with van der Waals surface area (Å²) < 4.78 is 6.29. The van der Waals surface area contributed by atoms with Gasteiger partial charge >= 0.3 is 0 Å². The third-order valence-electron chi connectivity index (χ3n) is 3.85. The molecule has 1 aromatic carbocycles. The van der Waals surface area contributed by atoms with Crippen molar-refractivity contribution in [2.75, 3.05) is 39.2 Å². The van der Waals surface area contributed by atoms with Crippen LogP contribution >= 0.6 is 22.7 Å². The van der Waals surface area contributed by atoms with Crippen molar-refractivity contribution in [1.82, 2.24) is 4.98 Å². The van der Waals surface area contributed by atoms with Crippen molar-refractivity contribution >= 4 is 50.0 Å². The van der Waals surface area contributed by atoms with Gasteiger partial charge < -0.3 is 9.64 Å². The van der Waals surface area contributed by atoms with Crippen molar-refractivity contribution < 1.29 is 14.4 Å². The number of thiazole rings is 1. The number of thiophene rings is 1. The fraction of sp³-hybridized carbons (Fsp3) is 0.263. The SMILES string of the molecule is COc1ccc2nc(N(CC[NH+](C)C)C(=O)/C=C/c3cccs3)sc2c1. The van der Waals surface area contributed by atoms with E-state index in [1.807, 2.05) is 41.8 Å². The van der Waals surface area contributed by atoms with Gasteiger partial charge in [0.1, 0.15) is 5.75 Å². The smallest absolute Gasteiger partial charge is 0.253 e. The first-order chi connectivity index (χ1) is 12.6. The van der Waals surface area contributed by atoms with Gasteiger partial charge in [-0.25, -0.2) is 4.98 Å². The van der Waals surface area contributed by atoms with Crippen LogP contribution in [-0.4, -0.2) is 45.2 Å². The summed E-state index contributed by atoms with van der Waals surface area (Å²) >= 11 is 3.12. The van der Waals surface area contributed by atoms with Crippen LogP contribution in [0.3, 0.4) is 0 Å². The number of methoxy groups -OCH3 is 1. The van der Waals surface area contributed by atoms with Crippen molar-refractivity contribution in [3.63, 3.8) is 0 Å². The molecule has 0 unspecified atom stereocenters. The van der Waals surface area contributed by atoms with Crippen LogP contribution in [-0.2, 0) is 4.79 Å². The molecule has 0 aliphatic carbocycles. The molecule has 0 saturated heterocycles. The van der Waals surface area contributed by atoms with Gasteiger partial charge in [0.2, 0.25) is 0 Å². The molecule has 0 saturated carbocycles. The molecule has 5 nitrogen and oxygen atoms in total. The van der Waals surface area contributed by atoms with Crippen LogP contribution in [0.1, 0.15) is 4.88 Å². The molecule has 0 bridgehead atoms. The Bertz CT molecular complexity index is 901. The van der Waals surface area contributed by atoms with Gasteiger partial charge in [0, 0.05) is 11.0 Å². The third-order valence-corrected chi connectivity index (χ3v) is 5.73. The van der Waals surface area contributed by atoms with Crippen LogP contribution in [0.15, 0.2) is 41.8 Å². The van der Waals surface area contributed by atoms with Gasteiger partial charge in [0.05, 0.1) is 44.5 Å². The van der Waals surface area contributed by atoms with E-state index in [0.717, 1.165) is 32.5 Å². The van der Waals surface area contributed by atoms with Crippen molar-refractivity contribution in [3.8, 4) is 5.75 Å². The lowest BCUT2D eigenvalue weighted by molar-refractivity contribution is -0.856. The minimum Gasteiger partial charge on any atom is -0.497 e. The number of rotatable bonds is 7. The van der Waals surface area contributed by atoms with Gasteiger partial charge in [-0.3, -0.25) is 9.69 Å². The number of ether oxygens (including phenoxy) is 1. The monoisotopic (exact) mass is 388 g/mol. The average molecular weight is 389 g/mol. The van der Waals surface area contributed by atoms with Crippen LogP contribution in [0.2, 0.25) is 0 Å². The van der Waals surface area contributed by atoms with E-state index >= 15 is 0 Å². The standard InChI is InChI=1S/C19H21N3O2S2/c1-21(2)10-11-22(18(23)9-7-15-5-4-12-25-15)19-20-16-8-6-14(24-3)13-17(16)26-19/h4-9,12-13H,10-11H2,1-3H3/p+1/b9-7+. The number of anilines is 1. The second kappa shape index (κ2) is 8.44. The Morgan fingerprint density at radius 2 is 2.19 bits per heavy atom. The average Bonchev–Trinajstić information content (AvgIpc) is 3.28. The number of carbonyl (C=O) groups is 1. The number of hydrogen-bond acceptors (Lipinski definition) is 5. The molecule has 0 fully saturated rings. The molecule has 136 valence electrons. The highest BCUT2D eigenvalue weighted by atomic mass is 32.1. The Morgan fingerprint density at radius 3 is 2.88 bits per heavy atom. The topological polar surface area (TPSA) is 46.9 Å². The van der Waals surface area contributed by atoms with Crippen LogP contribution < -0.4 is 14.5 Å². The Hall–Kier alpha value is -2.22. The maximum absolute atomic E-state index is 12.8. The van der Waals surface area contributed by atoms with Gasteiger partial charge in [0.25, 0.3) is 5.91 Å². The van der Waals surface area contributed by atoms with Gasteiger partial charge in [-0.05, 0) is 35.7 Å². The molecule has 26 heavy (non-hydrogen) atoms. The first-order valence-corrected chi connectivity index (χ1v) is 10.0. The molecule has 3 rings (SSSR count). The molecular weight excluding hydrogens is 366 g/mol. The highest BCUT2D eigenvalue weighted by molar-refractivity contribution is 7.22. The summed E-state index contributed by atoms with van der Waals surface area (Å²) in [4.78, 5) is 21.6. The largest absolute Gasteiger partial charge is 0.497 e. The van der Waals surface area contributed by atoms with Crippen molar-refractivity contribution in [2.45, 2.75) is 0 Å². The number of likely N-dealkylation sites (N-methyl/N-ethyl adjacent to an activating group) is 1. The number of benzene rings is 1. The summed E-state index contributed by atoms with van der Waals surface area (Å²) in [6, 6.07) is 9.74. The Balaban J connectivity index is 1.88. The molecule has 3 aromatic rings. The van der Waals surface area contributed by atoms with E-state index in [9.17, 15) is 4.79 Å². The molecule has 0 aliphatic rings. The molecule has 1 amide bonds. The summed E-state index contributed by atoms with van der Waals surface area (Å²) in [5.41, 5.74) is 0.878. The summed E-state index contributed by atoms with van der Waals surface area (Å²) in [5, 5.41) is 2.72. The number of nitrogens with zero attached hydrogens (tertiary/aromatic N) is 2. The fourth-order valence-electron chi connectivity index (χ4n) is 2.40. The molecule has 7 heteroatoms. The second-order valence-corrected chi connectivity index (χ2v) is 8.11. The van der Waals surface area contributed by atoms with E-state index in [4.69, 9.17) is 4.74 Å². The lowest BCUT2D eigenvalue weighted by atomic mass is 10.3. The lowest BCUT2D eigenvalue weighted by Gasteiger charge is -2.19. The first kappa shape index (κ1) is 18.6. The predicted molar refractivity (Wildman–Crippen MR) is 110 cm³/mol. The van der Waals surface area contributed by atoms with Crippen LogP contribution in [0.4, 0.5) is 5.13 Å². The van der Waals surface area contributed by atoms with Crippen LogP contribution in [0.5, 0.6) is 5.75 Å². The third kappa shape index (κ3) is 4.49. The van der Waals surface area contributed by atoms with Crippen molar-refractivity contribution in [2.24, 2.45) is 0 Å². The van der Waals surface area contributed by atoms with Gasteiger partial charge in [-0.2, -0.15) is 0 Å². The zero-order chi connectivity index (χ0) is 18.5. The first-order valence-electron chi connectivity index (χ1n) is 8.33. The number of fused-ring (bicyclic) bond motifs is 1. The van der Waals surface area contributed by atoms with Gasteiger partial charge in [-0.1, -0.05) is 17.4 Å². The van der Waals surface area contributed by atoms with Crippen molar-refractivity contribution in [1.29, 1.82) is 0 Å². The maximum atomic E-state index is 12.8. The number of aromatic nitrogens is 1. The number of carbonyl (C=O) groups excluding carboxylic acids is 1. The van der Waals surface area contributed by atoms with E-state index in [1.54, 1.807) is 29.4 Å². The zero-order valence-corrected chi connectivity index (χ0v) is 16.7. The maximum Gasteiger partial charge on any atom is 0.253 e. The molecule has 2 aromatic heterocycles. The van der Waals surface area contributed by atoms with Crippen LogP contribution in [0.25, 0.3) is 16.3 Å². The molecule has 1 N–H and O–H groups in total. The van der Waals surface area contributed by atoms with E-state index in [2.05, 4.69) is 19.1 Å². The Morgan fingerprint density at radius 1 is 1.35 bits per heavy atom. The van der Waals surface area contributed by atoms with Crippen LogP contribution in [0, 0.1) is 0 Å². The molecular formula is C19H22N3O2S2+. The highest BCUT2D eigenvalue weighted by Gasteiger charge is 2.19.